The van der Waals surface area contributed by atoms with Crippen LogP contribution in [0, 0.1) is 6.92 Å². The molecule has 5 nitrogen and oxygen atoms in total. The summed E-state index contributed by atoms with van der Waals surface area (Å²) in [6.45, 7) is 4.87. The smallest absolute Gasteiger partial charge is 0.268 e. The third kappa shape index (κ3) is 4.61. The number of rotatable bonds is 5. The fourth-order valence-corrected chi connectivity index (χ4v) is 3.48. The van der Waals surface area contributed by atoms with E-state index < -0.39 is 0 Å². The second-order valence-electron chi connectivity index (χ2n) is 7.10. The molecule has 1 N–H and O–H groups in total. The highest BCUT2D eigenvalue weighted by Gasteiger charge is 2.22. The number of carbonyl (C=O) groups is 1. The molecule has 1 aliphatic heterocycles. The molecule has 1 fully saturated rings. The van der Waals surface area contributed by atoms with Gasteiger partial charge in [-0.15, -0.1) is 0 Å². The highest BCUT2D eigenvalue weighted by Crippen LogP contribution is 2.12. The Morgan fingerprint density at radius 3 is 2.54 bits per heavy atom. The van der Waals surface area contributed by atoms with E-state index in [1.807, 2.05) is 20.0 Å². The first-order chi connectivity index (χ1) is 12.5. The SMILES string of the molecule is Cc1cc(=O)cc(C(=O)NC2CCN(CCc3ccccc3)CC2)n1C. The average Bonchev–Trinajstić information content (AvgIpc) is 2.65. The standard InChI is InChI=1S/C21H27N3O2/c1-16-14-19(25)15-20(23(16)2)21(26)22-18-9-12-24(13-10-18)11-8-17-6-4-3-5-7-17/h3-7,14-15,18H,8-13H2,1-2H3,(H,22,26). The Morgan fingerprint density at radius 2 is 1.85 bits per heavy atom. The molecule has 1 saturated heterocycles. The minimum atomic E-state index is -0.156. The molecular weight excluding hydrogens is 326 g/mol. The molecule has 1 aromatic heterocycles. The summed E-state index contributed by atoms with van der Waals surface area (Å²) in [5.41, 5.74) is 2.46. The molecule has 138 valence electrons. The maximum atomic E-state index is 12.5. The first kappa shape index (κ1) is 18.4. The second-order valence-corrected chi connectivity index (χ2v) is 7.10. The van der Waals surface area contributed by atoms with Crippen molar-refractivity contribution in [3.8, 4) is 0 Å². The fraction of sp³-hybridized carbons (Fsp3) is 0.429. The maximum absolute atomic E-state index is 12.5. The van der Waals surface area contributed by atoms with Crippen molar-refractivity contribution in [1.82, 2.24) is 14.8 Å². The van der Waals surface area contributed by atoms with Gasteiger partial charge in [0.25, 0.3) is 5.91 Å². The van der Waals surface area contributed by atoms with Gasteiger partial charge in [0.15, 0.2) is 5.43 Å². The zero-order valence-electron chi connectivity index (χ0n) is 15.6. The van der Waals surface area contributed by atoms with Crippen LogP contribution < -0.4 is 10.7 Å². The van der Waals surface area contributed by atoms with Gasteiger partial charge in [0.1, 0.15) is 5.69 Å². The number of hydrogen-bond acceptors (Lipinski definition) is 3. The molecule has 0 radical (unpaired) electrons. The van der Waals surface area contributed by atoms with Crippen LogP contribution >= 0.6 is 0 Å². The summed E-state index contributed by atoms with van der Waals surface area (Å²) in [5, 5.41) is 3.10. The van der Waals surface area contributed by atoms with E-state index in [4.69, 9.17) is 0 Å². The molecule has 0 atom stereocenters. The molecular formula is C21H27N3O2. The number of pyridine rings is 1. The predicted octanol–water partition coefficient (Wildman–Crippen LogP) is 2.13. The van der Waals surface area contributed by atoms with Crippen LogP contribution in [0.25, 0.3) is 0 Å². The molecule has 3 rings (SSSR count). The van der Waals surface area contributed by atoms with Crippen LogP contribution in [0.3, 0.4) is 0 Å². The number of likely N-dealkylation sites (tertiary alicyclic amines) is 1. The van der Waals surface area contributed by atoms with E-state index in [0.29, 0.717) is 5.69 Å². The highest BCUT2D eigenvalue weighted by molar-refractivity contribution is 5.92. The van der Waals surface area contributed by atoms with Crippen molar-refractivity contribution in [1.29, 1.82) is 0 Å². The number of carbonyl (C=O) groups excluding carboxylic acids is 1. The van der Waals surface area contributed by atoms with Gasteiger partial charge in [-0.05, 0) is 31.7 Å². The lowest BCUT2D eigenvalue weighted by Gasteiger charge is -2.32. The van der Waals surface area contributed by atoms with Crippen molar-refractivity contribution in [2.24, 2.45) is 7.05 Å². The Balaban J connectivity index is 1.49. The van der Waals surface area contributed by atoms with E-state index >= 15 is 0 Å². The van der Waals surface area contributed by atoms with Gasteiger partial charge >= 0.3 is 0 Å². The minimum absolute atomic E-state index is 0.124. The van der Waals surface area contributed by atoms with Gasteiger partial charge < -0.3 is 14.8 Å². The number of aryl methyl sites for hydroxylation is 1. The van der Waals surface area contributed by atoms with Crippen molar-refractivity contribution in [3.05, 3.63) is 69.6 Å². The average molecular weight is 353 g/mol. The van der Waals surface area contributed by atoms with Crippen molar-refractivity contribution in [2.75, 3.05) is 19.6 Å². The largest absolute Gasteiger partial charge is 0.348 e. The number of piperidine rings is 1. The number of benzene rings is 1. The van der Waals surface area contributed by atoms with Crippen LogP contribution in [0.4, 0.5) is 0 Å². The van der Waals surface area contributed by atoms with Crippen molar-refractivity contribution < 1.29 is 4.79 Å². The monoisotopic (exact) mass is 353 g/mol. The van der Waals surface area contributed by atoms with Gasteiger partial charge in [0.05, 0.1) is 0 Å². The molecule has 2 aromatic rings. The van der Waals surface area contributed by atoms with Crippen LogP contribution in [-0.2, 0) is 13.5 Å². The van der Waals surface area contributed by atoms with E-state index in [9.17, 15) is 9.59 Å². The molecule has 1 aliphatic rings. The zero-order chi connectivity index (χ0) is 18.5. The molecule has 0 unspecified atom stereocenters. The summed E-state index contributed by atoms with van der Waals surface area (Å²) >= 11 is 0. The Kier molecular flexibility index (Phi) is 5.89. The molecule has 0 bridgehead atoms. The molecule has 0 aliphatic carbocycles. The lowest BCUT2D eigenvalue weighted by Crippen LogP contribution is -2.45. The quantitative estimate of drug-likeness (QED) is 0.896. The molecule has 2 heterocycles. The Bertz CT molecular complexity index is 806. The normalized spacial score (nSPS) is 15.8. The van der Waals surface area contributed by atoms with E-state index in [0.717, 1.165) is 44.6 Å². The summed E-state index contributed by atoms with van der Waals surface area (Å²) in [6.07, 6.45) is 2.95. The van der Waals surface area contributed by atoms with E-state index in [1.54, 1.807) is 10.6 Å². The summed E-state index contributed by atoms with van der Waals surface area (Å²) in [7, 11) is 1.82. The Hall–Kier alpha value is -2.40. The fourth-order valence-electron chi connectivity index (χ4n) is 3.48. The summed E-state index contributed by atoms with van der Waals surface area (Å²) in [6, 6.07) is 13.7. The van der Waals surface area contributed by atoms with Crippen LogP contribution in [0.5, 0.6) is 0 Å². The van der Waals surface area contributed by atoms with Crippen molar-refractivity contribution in [3.63, 3.8) is 0 Å². The molecule has 5 heteroatoms. The zero-order valence-corrected chi connectivity index (χ0v) is 15.6. The number of amides is 1. The van der Waals surface area contributed by atoms with Crippen LogP contribution in [0.15, 0.2) is 47.3 Å². The topological polar surface area (TPSA) is 54.3 Å². The predicted molar refractivity (Wildman–Crippen MR) is 103 cm³/mol. The van der Waals surface area contributed by atoms with Crippen molar-refractivity contribution in [2.45, 2.75) is 32.2 Å². The van der Waals surface area contributed by atoms with Gasteiger partial charge in [-0.3, -0.25) is 9.59 Å². The Morgan fingerprint density at radius 1 is 1.15 bits per heavy atom. The number of nitrogens with one attached hydrogen (secondary N) is 1. The summed E-state index contributed by atoms with van der Waals surface area (Å²) < 4.78 is 1.77. The highest BCUT2D eigenvalue weighted by atomic mass is 16.2. The van der Waals surface area contributed by atoms with Gasteiger partial charge in [0.2, 0.25) is 0 Å². The third-order valence-corrected chi connectivity index (χ3v) is 5.24. The summed E-state index contributed by atoms with van der Waals surface area (Å²) in [4.78, 5) is 26.7. The Labute approximate surface area is 154 Å². The lowest BCUT2D eigenvalue weighted by atomic mass is 10.0. The number of aromatic nitrogens is 1. The molecule has 0 saturated carbocycles. The van der Waals surface area contributed by atoms with Crippen molar-refractivity contribution >= 4 is 5.91 Å². The van der Waals surface area contributed by atoms with Gasteiger partial charge in [-0.1, -0.05) is 30.3 Å². The van der Waals surface area contributed by atoms with Gasteiger partial charge in [-0.2, -0.15) is 0 Å². The molecule has 1 amide bonds. The first-order valence-electron chi connectivity index (χ1n) is 9.28. The van der Waals surface area contributed by atoms with Crippen LogP contribution in [0.2, 0.25) is 0 Å². The molecule has 0 spiro atoms. The molecule has 1 aromatic carbocycles. The minimum Gasteiger partial charge on any atom is -0.348 e. The lowest BCUT2D eigenvalue weighted by molar-refractivity contribution is 0.0902. The maximum Gasteiger partial charge on any atom is 0.268 e. The van der Waals surface area contributed by atoms with E-state index in [1.165, 1.54) is 11.6 Å². The number of hydrogen-bond donors (Lipinski definition) is 1. The van der Waals surface area contributed by atoms with E-state index in [-0.39, 0.29) is 17.4 Å². The van der Waals surface area contributed by atoms with Gasteiger partial charge in [-0.25, -0.2) is 0 Å². The van der Waals surface area contributed by atoms with Crippen LogP contribution in [-0.4, -0.2) is 41.1 Å². The first-order valence-corrected chi connectivity index (χ1v) is 9.28. The van der Waals surface area contributed by atoms with Gasteiger partial charge in [0, 0.05) is 50.6 Å². The van der Waals surface area contributed by atoms with E-state index in [2.05, 4.69) is 34.5 Å². The molecule has 26 heavy (non-hydrogen) atoms. The van der Waals surface area contributed by atoms with Crippen LogP contribution in [0.1, 0.15) is 34.6 Å². The summed E-state index contributed by atoms with van der Waals surface area (Å²) in [5.74, 6) is -0.156. The number of nitrogens with zero attached hydrogens (tertiary/aromatic N) is 2. The second kappa shape index (κ2) is 8.32. The third-order valence-electron chi connectivity index (χ3n) is 5.24.